The summed E-state index contributed by atoms with van der Waals surface area (Å²) >= 11 is 0. The van der Waals surface area contributed by atoms with Gasteiger partial charge in [0.05, 0.1) is 5.69 Å². The zero-order valence-corrected chi connectivity index (χ0v) is 10.5. The molecule has 18 heavy (non-hydrogen) atoms. The van der Waals surface area contributed by atoms with Crippen molar-refractivity contribution in [2.75, 3.05) is 5.32 Å². The summed E-state index contributed by atoms with van der Waals surface area (Å²) in [6.45, 7) is 4.49. The average molecular weight is 249 g/mol. The van der Waals surface area contributed by atoms with E-state index in [1.807, 2.05) is 0 Å². The number of nitrogens with one attached hydrogen (secondary N) is 1. The highest BCUT2D eigenvalue weighted by atomic mass is 16.5. The van der Waals surface area contributed by atoms with E-state index in [2.05, 4.69) is 5.32 Å². The number of carbonyl (C=O) groups is 2. The summed E-state index contributed by atoms with van der Waals surface area (Å²) in [7, 11) is 0. The van der Waals surface area contributed by atoms with Crippen molar-refractivity contribution in [3.8, 4) is 5.75 Å². The first kappa shape index (κ1) is 12.6. The number of fused-ring (bicyclic) bond motifs is 1. The lowest BCUT2D eigenvalue weighted by Crippen LogP contribution is -2.35. The summed E-state index contributed by atoms with van der Waals surface area (Å²) < 4.78 is 5.38. The average Bonchev–Trinajstić information content (AvgIpc) is 2.28. The van der Waals surface area contributed by atoms with Crippen LogP contribution in [0.1, 0.15) is 31.1 Å². The second kappa shape index (κ2) is 4.10. The maximum absolute atomic E-state index is 11.9. The number of carbonyl (C=O) groups excluding carboxylic acids is 2. The van der Waals surface area contributed by atoms with Crippen LogP contribution in [0.3, 0.4) is 0 Å². The van der Waals surface area contributed by atoms with E-state index in [4.69, 9.17) is 4.74 Å². The fraction of sp³-hybridized carbons (Fsp3) is 0.385. The number of benzene rings is 1. The van der Waals surface area contributed by atoms with Crippen molar-refractivity contribution >= 4 is 17.4 Å². The molecule has 1 atom stereocenters. The van der Waals surface area contributed by atoms with Crippen LogP contribution in [0.15, 0.2) is 18.2 Å². The molecule has 0 aromatic heterocycles. The first-order valence-electron chi connectivity index (χ1n) is 5.68. The van der Waals surface area contributed by atoms with E-state index >= 15 is 0 Å². The van der Waals surface area contributed by atoms with E-state index < -0.39 is 17.5 Å². The smallest absolute Gasteiger partial charge is 0.265 e. The molecule has 2 rings (SSSR count). The number of Topliss-reactive ketones (excluding diaryl/α,β-unsaturated/α-hetero) is 1. The maximum atomic E-state index is 11.9. The molecular formula is C13H15NO4. The fourth-order valence-corrected chi connectivity index (χ4v) is 1.70. The second-order valence-corrected chi connectivity index (χ2v) is 4.85. The molecule has 1 aromatic carbocycles. The van der Waals surface area contributed by atoms with E-state index in [1.54, 1.807) is 19.1 Å². The van der Waals surface area contributed by atoms with Crippen LogP contribution in [0.4, 0.5) is 5.69 Å². The molecule has 1 heterocycles. The summed E-state index contributed by atoms with van der Waals surface area (Å²) in [4.78, 5) is 23.4. The predicted octanol–water partition coefficient (Wildman–Crippen LogP) is 1.36. The first-order chi connectivity index (χ1) is 8.29. The summed E-state index contributed by atoms with van der Waals surface area (Å²) in [5.74, 6) is -0.136. The third kappa shape index (κ3) is 2.22. The molecule has 0 spiro atoms. The van der Waals surface area contributed by atoms with E-state index in [1.165, 1.54) is 19.9 Å². The van der Waals surface area contributed by atoms with Crippen LogP contribution in [0.25, 0.3) is 0 Å². The van der Waals surface area contributed by atoms with Gasteiger partial charge in [0.15, 0.2) is 11.9 Å². The summed E-state index contributed by atoms with van der Waals surface area (Å²) in [5, 5.41) is 12.3. The zero-order valence-electron chi connectivity index (χ0n) is 10.5. The van der Waals surface area contributed by atoms with Gasteiger partial charge < -0.3 is 15.2 Å². The molecule has 0 saturated carbocycles. The highest BCUT2D eigenvalue weighted by Crippen LogP contribution is 2.31. The molecule has 0 radical (unpaired) electrons. The van der Waals surface area contributed by atoms with Crippen LogP contribution in [0.2, 0.25) is 0 Å². The number of aliphatic hydroxyl groups is 1. The minimum absolute atomic E-state index is 0.254. The Morgan fingerprint density at radius 1 is 1.44 bits per heavy atom. The molecule has 2 N–H and O–H groups in total. The van der Waals surface area contributed by atoms with Gasteiger partial charge in [-0.1, -0.05) is 0 Å². The minimum atomic E-state index is -1.44. The maximum Gasteiger partial charge on any atom is 0.265 e. The van der Waals surface area contributed by atoms with Gasteiger partial charge in [-0.3, -0.25) is 9.59 Å². The largest absolute Gasteiger partial charge is 0.479 e. The Hall–Kier alpha value is -1.88. The number of ketones is 1. The van der Waals surface area contributed by atoms with Crippen molar-refractivity contribution in [1.82, 2.24) is 0 Å². The second-order valence-electron chi connectivity index (χ2n) is 4.85. The Kier molecular flexibility index (Phi) is 2.86. The van der Waals surface area contributed by atoms with E-state index in [9.17, 15) is 14.7 Å². The molecule has 1 amide bonds. The van der Waals surface area contributed by atoms with E-state index in [0.717, 1.165) is 0 Å². The Labute approximate surface area is 105 Å². The molecule has 1 aliphatic heterocycles. The third-order valence-electron chi connectivity index (χ3n) is 2.73. The number of amides is 1. The number of anilines is 1. The summed E-state index contributed by atoms with van der Waals surface area (Å²) in [6.07, 6.45) is -0.548. The highest BCUT2D eigenvalue weighted by molar-refractivity contribution is 6.04. The van der Waals surface area contributed by atoms with Crippen molar-refractivity contribution in [3.05, 3.63) is 23.8 Å². The van der Waals surface area contributed by atoms with Crippen molar-refractivity contribution < 1.29 is 19.4 Å². The van der Waals surface area contributed by atoms with E-state index in [-0.39, 0.29) is 5.91 Å². The van der Waals surface area contributed by atoms with Crippen LogP contribution in [-0.2, 0) is 4.79 Å². The van der Waals surface area contributed by atoms with Gasteiger partial charge in [-0.2, -0.15) is 0 Å². The van der Waals surface area contributed by atoms with Gasteiger partial charge in [0.2, 0.25) is 0 Å². The topological polar surface area (TPSA) is 75.6 Å². The predicted molar refractivity (Wildman–Crippen MR) is 65.8 cm³/mol. The quantitative estimate of drug-likeness (QED) is 0.776. The number of hydrogen-bond donors (Lipinski definition) is 2. The zero-order chi connectivity index (χ0) is 13.5. The van der Waals surface area contributed by atoms with Crippen LogP contribution < -0.4 is 10.1 Å². The molecule has 96 valence electrons. The molecule has 5 nitrogen and oxygen atoms in total. The molecule has 1 unspecified atom stereocenters. The molecule has 0 fully saturated rings. The number of ether oxygens (including phenoxy) is 1. The van der Waals surface area contributed by atoms with Crippen molar-refractivity contribution in [2.24, 2.45) is 0 Å². The Morgan fingerprint density at radius 3 is 2.72 bits per heavy atom. The van der Waals surface area contributed by atoms with Crippen LogP contribution >= 0.6 is 0 Å². The standard InChI is InChI=1S/C13H15NO4/c1-7-12(16)14-9-6-8(4-5-10(9)18-7)11(15)13(2,3)17/h4-7,17H,1-3H3,(H,14,16). The first-order valence-corrected chi connectivity index (χ1v) is 5.68. The highest BCUT2D eigenvalue weighted by Gasteiger charge is 2.28. The molecule has 1 aromatic rings. The Bertz CT molecular complexity index is 516. The Balaban J connectivity index is 2.37. The van der Waals surface area contributed by atoms with Crippen molar-refractivity contribution in [1.29, 1.82) is 0 Å². The molecule has 0 saturated heterocycles. The number of rotatable bonds is 2. The SMILES string of the molecule is CC1Oc2ccc(C(=O)C(C)(C)O)cc2NC1=O. The fourth-order valence-electron chi connectivity index (χ4n) is 1.70. The van der Waals surface area contributed by atoms with Gasteiger partial charge in [-0.05, 0) is 39.0 Å². The summed E-state index contributed by atoms with van der Waals surface area (Å²) in [6, 6.07) is 4.70. The van der Waals surface area contributed by atoms with Gasteiger partial charge in [0, 0.05) is 5.56 Å². The normalized spacial score (nSPS) is 18.7. The van der Waals surface area contributed by atoms with Crippen LogP contribution in [0, 0.1) is 0 Å². The lowest BCUT2D eigenvalue weighted by atomic mass is 9.96. The molecule has 5 heteroatoms. The monoisotopic (exact) mass is 249 g/mol. The molecular weight excluding hydrogens is 234 g/mol. The van der Waals surface area contributed by atoms with Gasteiger partial charge in [0.25, 0.3) is 5.91 Å². The van der Waals surface area contributed by atoms with Gasteiger partial charge in [-0.15, -0.1) is 0 Å². The van der Waals surface area contributed by atoms with Gasteiger partial charge in [-0.25, -0.2) is 0 Å². The third-order valence-corrected chi connectivity index (χ3v) is 2.73. The van der Waals surface area contributed by atoms with E-state index in [0.29, 0.717) is 17.0 Å². The Morgan fingerprint density at radius 2 is 2.11 bits per heavy atom. The molecule has 1 aliphatic rings. The van der Waals surface area contributed by atoms with Crippen molar-refractivity contribution in [3.63, 3.8) is 0 Å². The molecule has 0 aliphatic carbocycles. The summed E-state index contributed by atoms with van der Waals surface area (Å²) in [5.41, 5.74) is -0.658. The van der Waals surface area contributed by atoms with Crippen molar-refractivity contribution in [2.45, 2.75) is 32.5 Å². The lowest BCUT2D eigenvalue weighted by Gasteiger charge is -2.24. The lowest BCUT2D eigenvalue weighted by molar-refractivity contribution is -0.122. The number of hydrogen-bond acceptors (Lipinski definition) is 4. The van der Waals surface area contributed by atoms with Gasteiger partial charge in [0.1, 0.15) is 11.4 Å². The van der Waals surface area contributed by atoms with Crippen LogP contribution in [0.5, 0.6) is 5.75 Å². The minimum Gasteiger partial charge on any atom is -0.479 e. The molecule has 0 bridgehead atoms. The van der Waals surface area contributed by atoms with Crippen LogP contribution in [-0.4, -0.2) is 28.5 Å². The van der Waals surface area contributed by atoms with Gasteiger partial charge >= 0.3 is 0 Å².